The van der Waals surface area contributed by atoms with E-state index in [0.717, 1.165) is 24.3 Å². The lowest BCUT2D eigenvalue weighted by Gasteiger charge is -1.97. The van der Waals surface area contributed by atoms with E-state index >= 15 is 0 Å². The van der Waals surface area contributed by atoms with Gasteiger partial charge < -0.3 is 4.74 Å². The van der Waals surface area contributed by atoms with E-state index in [1.807, 2.05) is 35.3 Å². The highest BCUT2D eigenvalue weighted by atomic mass is 16.5. The second-order valence-corrected chi connectivity index (χ2v) is 4.61. The number of nitrogens with zero attached hydrogens (tertiary/aromatic N) is 4. The first-order valence-corrected chi connectivity index (χ1v) is 6.94. The Labute approximate surface area is 119 Å². The number of aryl methyl sites for hydroxylation is 1. The summed E-state index contributed by atoms with van der Waals surface area (Å²) in [6, 6.07) is 7.77. The van der Waals surface area contributed by atoms with Gasteiger partial charge in [0.2, 0.25) is 6.33 Å². The Bertz CT molecular complexity index is 545. The van der Waals surface area contributed by atoms with Crippen molar-refractivity contribution < 1.29 is 9.41 Å². The maximum absolute atomic E-state index is 5.12. The molecule has 0 saturated carbocycles. The van der Waals surface area contributed by atoms with Gasteiger partial charge in [0.05, 0.1) is 13.3 Å². The molecule has 1 aromatic heterocycles. The molecule has 0 spiro atoms. The number of aromatic nitrogens is 3. The van der Waals surface area contributed by atoms with Crippen LogP contribution < -0.4 is 9.41 Å². The largest absolute Gasteiger partial charge is 0.497 e. The molecule has 0 aliphatic carbocycles. The van der Waals surface area contributed by atoms with E-state index in [1.165, 1.54) is 12.8 Å². The number of ether oxygens (including phenoxy) is 1. The third kappa shape index (κ3) is 4.19. The van der Waals surface area contributed by atoms with Crippen molar-refractivity contribution in [1.82, 2.24) is 9.78 Å². The van der Waals surface area contributed by atoms with E-state index in [4.69, 9.17) is 4.74 Å². The van der Waals surface area contributed by atoms with Crippen LogP contribution in [0.15, 0.2) is 42.0 Å². The zero-order valence-corrected chi connectivity index (χ0v) is 12.1. The van der Waals surface area contributed by atoms with Crippen molar-refractivity contribution in [1.29, 1.82) is 0 Å². The summed E-state index contributed by atoms with van der Waals surface area (Å²) in [7, 11) is 1.66. The van der Waals surface area contributed by atoms with Crippen LogP contribution in [-0.2, 0) is 6.54 Å². The second kappa shape index (κ2) is 7.43. The van der Waals surface area contributed by atoms with Crippen molar-refractivity contribution in [3.05, 3.63) is 42.5 Å². The Kier molecular flexibility index (Phi) is 5.29. The van der Waals surface area contributed by atoms with Crippen LogP contribution in [0, 0.1) is 0 Å². The number of hydrogen-bond donors (Lipinski definition) is 0. The molecule has 0 saturated heterocycles. The molecule has 0 unspecified atom stereocenters. The van der Waals surface area contributed by atoms with E-state index < -0.39 is 0 Å². The van der Waals surface area contributed by atoms with Gasteiger partial charge in [-0.05, 0) is 36.2 Å². The fourth-order valence-electron chi connectivity index (χ4n) is 1.84. The summed E-state index contributed by atoms with van der Waals surface area (Å²) < 4.78 is 8.76. The highest BCUT2D eigenvalue weighted by Crippen LogP contribution is 2.09. The van der Waals surface area contributed by atoms with E-state index in [0.29, 0.717) is 0 Å². The number of methoxy groups -OCH3 is 1. The molecule has 0 radical (unpaired) electrons. The van der Waals surface area contributed by atoms with Crippen molar-refractivity contribution in [2.45, 2.75) is 32.7 Å². The average Bonchev–Trinajstić information content (AvgIpc) is 2.94. The highest BCUT2D eigenvalue weighted by Gasteiger charge is 2.03. The number of benzene rings is 1. The Morgan fingerprint density at radius 2 is 2.10 bits per heavy atom. The van der Waals surface area contributed by atoms with Gasteiger partial charge in [0.1, 0.15) is 12.3 Å². The monoisotopic (exact) mass is 273 g/mol. The Morgan fingerprint density at radius 1 is 1.30 bits per heavy atom. The first-order chi connectivity index (χ1) is 9.81. The van der Waals surface area contributed by atoms with Crippen LogP contribution in [0.5, 0.6) is 5.75 Å². The van der Waals surface area contributed by atoms with Gasteiger partial charge in [-0.25, -0.2) is 0 Å². The molecular formula is C15H21N4O+. The predicted octanol–water partition coefficient (Wildman–Crippen LogP) is 2.25. The van der Waals surface area contributed by atoms with Crippen molar-refractivity contribution in [2.75, 3.05) is 7.11 Å². The Balaban J connectivity index is 1.93. The second-order valence-electron chi connectivity index (χ2n) is 4.61. The predicted molar refractivity (Wildman–Crippen MR) is 77.9 cm³/mol. The Hall–Kier alpha value is -2.17. The number of rotatable bonds is 7. The molecule has 5 heteroatoms. The summed E-state index contributed by atoms with van der Waals surface area (Å²) in [6.45, 7) is 3.14. The summed E-state index contributed by atoms with van der Waals surface area (Å²) in [5, 5.41) is 8.62. The molecule has 0 bridgehead atoms. The molecule has 1 aromatic carbocycles. The minimum absolute atomic E-state index is 0.846. The van der Waals surface area contributed by atoms with Gasteiger partial charge in [-0.2, -0.15) is 0 Å². The van der Waals surface area contributed by atoms with Crippen LogP contribution in [0.25, 0.3) is 0 Å². The normalized spacial score (nSPS) is 11.1. The Morgan fingerprint density at radius 3 is 2.80 bits per heavy atom. The molecule has 106 valence electrons. The molecule has 5 nitrogen and oxygen atoms in total. The first-order valence-electron chi connectivity index (χ1n) is 6.94. The van der Waals surface area contributed by atoms with Crippen LogP contribution in [0.4, 0.5) is 0 Å². The minimum atomic E-state index is 0.846. The lowest BCUT2D eigenvalue weighted by atomic mass is 10.2. The van der Waals surface area contributed by atoms with E-state index in [1.54, 1.807) is 24.3 Å². The SMILES string of the molecule is CCCCCn1c[n+](N=Cc2ccc(OC)cc2)cn1. The van der Waals surface area contributed by atoms with Gasteiger partial charge in [0.25, 0.3) is 6.33 Å². The smallest absolute Gasteiger partial charge is 0.288 e. The van der Waals surface area contributed by atoms with Crippen molar-refractivity contribution in [2.24, 2.45) is 5.10 Å². The molecule has 2 rings (SSSR count). The zero-order chi connectivity index (χ0) is 14.2. The maximum atomic E-state index is 5.12. The topological polar surface area (TPSA) is 43.3 Å². The molecule has 0 amide bonds. The fourth-order valence-corrected chi connectivity index (χ4v) is 1.84. The average molecular weight is 273 g/mol. The van der Waals surface area contributed by atoms with Gasteiger partial charge in [-0.15, -0.1) is 14.5 Å². The van der Waals surface area contributed by atoms with E-state index in [9.17, 15) is 0 Å². The van der Waals surface area contributed by atoms with E-state index in [2.05, 4.69) is 17.1 Å². The van der Waals surface area contributed by atoms with Crippen LogP contribution in [0.1, 0.15) is 31.7 Å². The minimum Gasteiger partial charge on any atom is -0.497 e. The van der Waals surface area contributed by atoms with Gasteiger partial charge in [0, 0.05) is 5.10 Å². The molecular weight excluding hydrogens is 252 g/mol. The molecule has 0 atom stereocenters. The third-order valence-corrected chi connectivity index (χ3v) is 3.02. The summed E-state index contributed by atoms with van der Waals surface area (Å²) in [5.41, 5.74) is 1.03. The molecule has 2 aromatic rings. The lowest BCUT2D eigenvalue weighted by molar-refractivity contribution is -0.679. The lowest BCUT2D eigenvalue weighted by Crippen LogP contribution is -2.24. The van der Waals surface area contributed by atoms with Gasteiger partial charge >= 0.3 is 0 Å². The zero-order valence-electron chi connectivity index (χ0n) is 12.1. The van der Waals surface area contributed by atoms with Crippen molar-refractivity contribution >= 4 is 6.21 Å². The van der Waals surface area contributed by atoms with E-state index in [-0.39, 0.29) is 0 Å². The standard InChI is InChI=1S/C15H21N4O/c1-3-4-5-10-18-13-19(12-17-18)16-11-14-6-8-15(20-2)9-7-14/h6-9,11-13H,3-5,10H2,1-2H3/q+1. The van der Waals surface area contributed by atoms with Crippen LogP contribution >= 0.6 is 0 Å². The van der Waals surface area contributed by atoms with Gasteiger partial charge in [-0.3, -0.25) is 0 Å². The summed E-state index contributed by atoms with van der Waals surface area (Å²) in [6.07, 6.45) is 9.02. The van der Waals surface area contributed by atoms with Crippen molar-refractivity contribution in [3.8, 4) is 5.75 Å². The highest BCUT2D eigenvalue weighted by molar-refractivity contribution is 5.79. The van der Waals surface area contributed by atoms with Crippen molar-refractivity contribution in [3.63, 3.8) is 0 Å². The maximum Gasteiger partial charge on any atom is 0.288 e. The summed E-state index contributed by atoms with van der Waals surface area (Å²) in [5.74, 6) is 0.846. The fraction of sp³-hybridized carbons (Fsp3) is 0.400. The summed E-state index contributed by atoms with van der Waals surface area (Å²) in [4.78, 5) is 0. The van der Waals surface area contributed by atoms with Gasteiger partial charge in [0.15, 0.2) is 0 Å². The molecule has 0 N–H and O–H groups in total. The number of unbranched alkanes of at least 4 members (excludes halogenated alkanes) is 2. The molecule has 1 heterocycles. The molecule has 0 aliphatic heterocycles. The molecule has 0 aliphatic rings. The molecule has 20 heavy (non-hydrogen) atoms. The molecule has 0 fully saturated rings. The van der Waals surface area contributed by atoms with Crippen LogP contribution in [-0.4, -0.2) is 23.1 Å². The number of hydrogen-bond acceptors (Lipinski definition) is 3. The quantitative estimate of drug-likeness (QED) is 0.441. The summed E-state index contributed by atoms with van der Waals surface area (Å²) >= 11 is 0. The van der Waals surface area contributed by atoms with Crippen LogP contribution in [0.3, 0.4) is 0 Å². The third-order valence-electron chi connectivity index (χ3n) is 3.02. The van der Waals surface area contributed by atoms with Crippen LogP contribution in [0.2, 0.25) is 0 Å². The van der Waals surface area contributed by atoms with Gasteiger partial charge in [-0.1, -0.05) is 19.8 Å². The first kappa shape index (κ1) is 14.2.